The van der Waals surface area contributed by atoms with Crippen LogP contribution in [0, 0.1) is 13.8 Å². The first-order valence-corrected chi connectivity index (χ1v) is 15.1. The van der Waals surface area contributed by atoms with E-state index in [1.807, 2.05) is 63.4 Å². The minimum Gasteiger partial charge on any atom is -0.469 e. The monoisotopic (exact) mass is 628 g/mol. The number of rotatable bonds is 5. The Kier molecular flexibility index (Phi) is 8.78. The van der Waals surface area contributed by atoms with Crippen molar-refractivity contribution in [2.45, 2.75) is 46.6 Å². The van der Waals surface area contributed by atoms with E-state index in [2.05, 4.69) is 15.1 Å². The fourth-order valence-electron chi connectivity index (χ4n) is 4.74. The maximum atomic E-state index is 12.3. The molecule has 2 aromatic carbocycles. The number of carbonyl (C=O) groups excluding carboxylic acids is 1. The maximum absolute atomic E-state index is 12.3. The van der Waals surface area contributed by atoms with E-state index in [9.17, 15) is 4.79 Å². The van der Waals surface area contributed by atoms with E-state index in [1.54, 1.807) is 49.2 Å². The second-order valence-electron chi connectivity index (χ2n) is 11.4. The fraction of sp³-hybridized carbons (Fsp3) is 0.273. The molecule has 6 rings (SSSR count). The van der Waals surface area contributed by atoms with Gasteiger partial charge in [0.05, 0.1) is 41.2 Å². The Hall–Kier alpha value is -4.25. The molecule has 0 amide bonds. The van der Waals surface area contributed by atoms with Crippen LogP contribution >= 0.6 is 22.9 Å². The van der Waals surface area contributed by atoms with Crippen LogP contribution in [-0.2, 0) is 23.0 Å². The van der Waals surface area contributed by atoms with Crippen molar-refractivity contribution in [2.24, 2.45) is 7.05 Å². The third-order valence-electron chi connectivity index (χ3n) is 6.69. The van der Waals surface area contributed by atoms with Crippen LogP contribution in [0.15, 0.2) is 54.9 Å². The zero-order valence-corrected chi connectivity index (χ0v) is 27.2. The molecule has 44 heavy (non-hydrogen) atoms. The van der Waals surface area contributed by atoms with Crippen molar-refractivity contribution < 1.29 is 14.6 Å². The van der Waals surface area contributed by atoms with Gasteiger partial charge in [0.15, 0.2) is 5.82 Å². The molecule has 0 bridgehead atoms. The molecule has 0 radical (unpaired) electrons. The summed E-state index contributed by atoms with van der Waals surface area (Å²) in [4.78, 5) is 31.1. The van der Waals surface area contributed by atoms with Gasteiger partial charge in [0.1, 0.15) is 21.7 Å². The van der Waals surface area contributed by atoms with Gasteiger partial charge >= 0.3 is 5.97 Å². The molecule has 0 spiro atoms. The smallest absolute Gasteiger partial charge is 0.310 e. The molecule has 0 aliphatic heterocycles. The van der Waals surface area contributed by atoms with E-state index in [4.69, 9.17) is 31.4 Å². The van der Waals surface area contributed by atoms with Gasteiger partial charge in [-0.3, -0.25) is 14.5 Å². The third kappa shape index (κ3) is 6.77. The number of nitrogens with zero attached hydrogens (tertiary/aromatic N) is 6. The van der Waals surface area contributed by atoms with Crippen LogP contribution in [0.5, 0.6) is 0 Å². The van der Waals surface area contributed by atoms with Gasteiger partial charge in [-0.15, -0.1) is 11.3 Å². The number of aryl methyl sites for hydroxylation is 3. The number of thiazole rings is 1. The summed E-state index contributed by atoms with van der Waals surface area (Å²) in [5, 5.41) is 14.4. The number of esters is 1. The molecule has 226 valence electrons. The molecule has 0 fully saturated rings. The van der Waals surface area contributed by atoms with Crippen molar-refractivity contribution >= 4 is 50.2 Å². The minimum absolute atomic E-state index is 0.163. The van der Waals surface area contributed by atoms with Gasteiger partial charge in [-0.05, 0) is 81.6 Å². The maximum Gasteiger partial charge on any atom is 0.310 e. The molecule has 9 nitrogen and oxygen atoms in total. The van der Waals surface area contributed by atoms with Crippen molar-refractivity contribution in [1.82, 2.24) is 29.7 Å². The Balaban J connectivity index is 0.000000712. The Morgan fingerprint density at radius 2 is 1.75 bits per heavy atom. The largest absolute Gasteiger partial charge is 0.469 e. The average Bonchev–Trinajstić information content (AvgIpc) is 3.52. The molecule has 4 aromatic heterocycles. The molecule has 6 aromatic rings. The normalized spacial score (nSPS) is 11.5. The first-order chi connectivity index (χ1) is 20.8. The van der Waals surface area contributed by atoms with Crippen molar-refractivity contribution in [3.63, 3.8) is 0 Å². The minimum atomic E-state index is -0.500. The van der Waals surface area contributed by atoms with Crippen molar-refractivity contribution in [3.05, 3.63) is 76.7 Å². The summed E-state index contributed by atoms with van der Waals surface area (Å²) in [6, 6.07) is 13.5. The van der Waals surface area contributed by atoms with E-state index >= 15 is 0 Å². The Labute approximate surface area is 264 Å². The van der Waals surface area contributed by atoms with E-state index in [1.165, 1.54) is 7.11 Å². The highest BCUT2D eigenvalue weighted by atomic mass is 35.5. The Bertz CT molecular complexity index is 1990. The lowest BCUT2D eigenvalue weighted by atomic mass is 9.93. The predicted octanol–water partition coefficient (Wildman–Crippen LogP) is 7.13. The number of fused-ring (bicyclic) bond motifs is 2. The van der Waals surface area contributed by atoms with E-state index < -0.39 is 5.60 Å². The second kappa shape index (κ2) is 12.4. The summed E-state index contributed by atoms with van der Waals surface area (Å²) in [5.41, 5.74) is 8.23. The molecular formula is C33H33ClN6O3S. The van der Waals surface area contributed by atoms with Crippen molar-refractivity contribution in [2.75, 3.05) is 7.11 Å². The van der Waals surface area contributed by atoms with E-state index in [-0.39, 0.29) is 12.4 Å². The van der Waals surface area contributed by atoms with Gasteiger partial charge in [-0.1, -0.05) is 23.7 Å². The zero-order valence-electron chi connectivity index (χ0n) is 25.6. The number of aliphatic hydroxyl groups is 1. The molecule has 0 unspecified atom stereocenters. The second-order valence-corrected chi connectivity index (χ2v) is 12.8. The van der Waals surface area contributed by atoms with Crippen LogP contribution < -0.4 is 0 Å². The van der Waals surface area contributed by atoms with Gasteiger partial charge in [-0.2, -0.15) is 5.10 Å². The lowest BCUT2D eigenvalue weighted by Gasteiger charge is -2.13. The molecule has 0 saturated heterocycles. The highest BCUT2D eigenvalue weighted by Gasteiger charge is 2.20. The predicted molar refractivity (Wildman–Crippen MR) is 176 cm³/mol. The molecule has 11 heteroatoms. The van der Waals surface area contributed by atoms with Crippen molar-refractivity contribution in [1.29, 1.82) is 0 Å². The van der Waals surface area contributed by atoms with Crippen LogP contribution in [0.25, 0.3) is 54.5 Å². The average molecular weight is 629 g/mol. The lowest BCUT2D eigenvalue weighted by molar-refractivity contribution is -0.139. The first-order valence-electron chi connectivity index (χ1n) is 13.9. The van der Waals surface area contributed by atoms with E-state index in [0.29, 0.717) is 16.5 Å². The highest BCUT2D eigenvalue weighted by molar-refractivity contribution is 7.22. The molecular weight excluding hydrogens is 596 g/mol. The number of methoxy groups -OCH3 is 1. The van der Waals surface area contributed by atoms with Gasteiger partial charge < -0.3 is 9.84 Å². The van der Waals surface area contributed by atoms with Crippen LogP contribution in [0.1, 0.15) is 37.6 Å². The summed E-state index contributed by atoms with van der Waals surface area (Å²) in [7, 11) is 3.28. The lowest BCUT2D eigenvalue weighted by Crippen LogP contribution is -2.10. The number of benzene rings is 2. The molecule has 4 heterocycles. The SMILES string of the molecule is CC(C)(C)O.COC(=O)Cc1c(C)cc2nc(-c3ccnc(-c4ncc5c(n4)c(C)nn5C)c3)sc2c1-c1ccc(Cl)cc1. The van der Waals surface area contributed by atoms with Crippen LogP contribution in [0.4, 0.5) is 0 Å². The molecule has 0 aliphatic rings. The Morgan fingerprint density at radius 1 is 1.05 bits per heavy atom. The van der Waals surface area contributed by atoms with Gasteiger partial charge in [-0.25, -0.2) is 15.0 Å². The number of hydrogen-bond acceptors (Lipinski definition) is 9. The third-order valence-corrected chi connectivity index (χ3v) is 8.08. The zero-order chi connectivity index (χ0) is 31.8. The van der Waals surface area contributed by atoms with E-state index in [0.717, 1.165) is 59.8 Å². The summed E-state index contributed by atoms with van der Waals surface area (Å²) >= 11 is 7.75. The fourth-order valence-corrected chi connectivity index (χ4v) is 6.00. The van der Waals surface area contributed by atoms with Gasteiger partial charge in [0.25, 0.3) is 0 Å². The topological polar surface area (TPSA) is 116 Å². The standard InChI is InChI=1S/C29H23ClN6O2S.C4H10O/c1-15-11-21-27(25(20(15)13-24(37)38-4)17-5-7-19(30)8-6-17)39-29(33-21)18-9-10-31-22(12-18)28-32-14-23-26(34-28)16(2)35-36(23)3;1-4(2,3)5/h5-12,14H,13H2,1-4H3;5H,1-3H3. The number of halogens is 1. The van der Waals surface area contributed by atoms with Gasteiger partial charge in [0, 0.05) is 29.4 Å². The van der Waals surface area contributed by atoms with Crippen molar-refractivity contribution in [3.8, 4) is 33.2 Å². The van der Waals surface area contributed by atoms with Crippen LogP contribution in [-0.4, -0.2) is 53.5 Å². The molecule has 0 atom stereocenters. The highest BCUT2D eigenvalue weighted by Crippen LogP contribution is 2.41. The molecule has 0 aliphatic carbocycles. The molecule has 0 saturated carbocycles. The Morgan fingerprint density at radius 3 is 2.43 bits per heavy atom. The number of pyridine rings is 1. The first kappa shape index (κ1) is 31.2. The quantitative estimate of drug-likeness (QED) is 0.200. The number of ether oxygens (including phenoxy) is 1. The number of aromatic nitrogens is 6. The summed E-state index contributed by atoms with van der Waals surface area (Å²) in [5.74, 6) is 0.233. The number of hydrogen-bond donors (Lipinski definition) is 1. The van der Waals surface area contributed by atoms with Crippen LogP contribution in [0.3, 0.4) is 0 Å². The molecule has 1 N–H and O–H groups in total. The van der Waals surface area contributed by atoms with Gasteiger partial charge in [0.2, 0.25) is 0 Å². The number of carbonyl (C=O) groups is 1. The summed E-state index contributed by atoms with van der Waals surface area (Å²) in [6.07, 6.45) is 3.68. The summed E-state index contributed by atoms with van der Waals surface area (Å²) in [6.45, 7) is 9.15. The van der Waals surface area contributed by atoms with Crippen LogP contribution in [0.2, 0.25) is 5.02 Å². The summed E-state index contributed by atoms with van der Waals surface area (Å²) < 4.78 is 7.76.